The molecule has 3 nitrogen and oxygen atoms in total. The number of hydrogen-bond acceptors (Lipinski definition) is 3. The number of esters is 1. The van der Waals surface area contributed by atoms with Gasteiger partial charge in [-0.15, -0.1) is 0 Å². The summed E-state index contributed by atoms with van der Waals surface area (Å²) in [6.07, 6.45) is 0. The summed E-state index contributed by atoms with van der Waals surface area (Å²) in [4.78, 5) is 12.2. The van der Waals surface area contributed by atoms with Crippen molar-refractivity contribution < 1.29 is 13.9 Å². The maximum Gasteiger partial charge on any atom is 0.338 e. The fourth-order valence-electron chi connectivity index (χ4n) is 2.52. The Kier molecular flexibility index (Phi) is 5.70. The van der Waals surface area contributed by atoms with Gasteiger partial charge in [0.25, 0.3) is 0 Å². The van der Waals surface area contributed by atoms with Crippen molar-refractivity contribution >= 4 is 29.2 Å². The molecule has 0 unspecified atom stereocenters. The molecule has 0 fully saturated rings. The third-order valence-corrected chi connectivity index (χ3v) is 4.86. The summed E-state index contributed by atoms with van der Waals surface area (Å²) < 4.78 is 11.0. The van der Waals surface area contributed by atoms with Crippen molar-refractivity contribution in [2.45, 2.75) is 26.4 Å². The zero-order valence-electron chi connectivity index (χ0n) is 14.5. The minimum atomic E-state index is -0.390. The number of carbonyl (C=O) groups is 1. The zero-order valence-corrected chi connectivity index (χ0v) is 16.0. The van der Waals surface area contributed by atoms with Crippen molar-refractivity contribution in [1.29, 1.82) is 0 Å². The third kappa shape index (κ3) is 4.12. The minimum absolute atomic E-state index is 0.0446. The number of hydrogen-bond donors (Lipinski definition) is 0. The molecule has 0 aliphatic rings. The molecule has 5 heteroatoms. The van der Waals surface area contributed by atoms with E-state index >= 15 is 0 Å². The van der Waals surface area contributed by atoms with Gasteiger partial charge in [-0.05, 0) is 47.9 Å². The van der Waals surface area contributed by atoms with Crippen LogP contribution in [0.3, 0.4) is 0 Å². The molecule has 0 saturated carbocycles. The first-order chi connectivity index (χ1) is 12.5. The van der Waals surface area contributed by atoms with Crippen LogP contribution >= 0.6 is 23.2 Å². The monoisotopic (exact) mass is 388 g/mol. The van der Waals surface area contributed by atoms with Crippen LogP contribution in [0.5, 0.6) is 0 Å². The van der Waals surface area contributed by atoms with Crippen molar-refractivity contribution in [1.82, 2.24) is 0 Å². The van der Waals surface area contributed by atoms with Gasteiger partial charge in [-0.3, -0.25) is 0 Å². The largest absolute Gasteiger partial charge is 0.457 e. The van der Waals surface area contributed by atoms with Gasteiger partial charge in [0, 0.05) is 5.56 Å². The number of ether oxygens (including phenoxy) is 1. The topological polar surface area (TPSA) is 39.4 Å². The first-order valence-electron chi connectivity index (χ1n) is 8.26. The number of rotatable bonds is 5. The van der Waals surface area contributed by atoms with E-state index < -0.39 is 0 Å². The lowest BCUT2D eigenvalue weighted by Gasteiger charge is -2.07. The fourth-order valence-corrected chi connectivity index (χ4v) is 2.91. The van der Waals surface area contributed by atoms with Crippen LogP contribution < -0.4 is 0 Å². The molecular weight excluding hydrogens is 371 g/mol. The van der Waals surface area contributed by atoms with Crippen molar-refractivity contribution in [3.05, 3.63) is 81.5 Å². The number of furan rings is 1. The van der Waals surface area contributed by atoms with Crippen LogP contribution in [0.4, 0.5) is 0 Å². The lowest BCUT2D eigenvalue weighted by molar-refractivity contribution is 0.0446. The van der Waals surface area contributed by atoms with E-state index in [1.807, 2.05) is 18.2 Å². The Balaban J connectivity index is 1.66. The number of carbonyl (C=O) groups excluding carboxylic acids is 1. The van der Waals surface area contributed by atoms with E-state index in [4.69, 9.17) is 32.4 Å². The molecule has 0 saturated heterocycles. The average Bonchev–Trinajstić information content (AvgIpc) is 3.11. The molecule has 0 aliphatic heterocycles. The quantitative estimate of drug-likeness (QED) is 0.454. The highest BCUT2D eigenvalue weighted by Gasteiger charge is 2.13. The summed E-state index contributed by atoms with van der Waals surface area (Å²) in [7, 11) is 0. The van der Waals surface area contributed by atoms with E-state index in [9.17, 15) is 4.79 Å². The molecule has 0 atom stereocenters. The van der Waals surface area contributed by atoms with E-state index in [1.54, 1.807) is 36.4 Å². The SMILES string of the molecule is CC(C)c1ccc(C(=O)OCc2ccc(-c3cccc(Cl)c3Cl)o2)cc1. The maximum absolute atomic E-state index is 12.2. The molecule has 0 radical (unpaired) electrons. The van der Waals surface area contributed by atoms with E-state index in [1.165, 1.54) is 5.56 Å². The molecule has 0 N–H and O–H groups in total. The summed E-state index contributed by atoms with van der Waals surface area (Å²) in [5, 5.41) is 0.885. The summed E-state index contributed by atoms with van der Waals surface area (Å²) in [6.45, 7) is 4.25. The van der Waals surface area contributed by atoms with Gasteiger partial charge in [-0.2, -0.15) is 0 Å². The van der Waals surface area contributed by atoms with E-state index in [-0.39, 0.29) is 12.6 Å². The first kappa shape index (κ1) is 18.6. The van der Waals surface area contributed by atoms with E-state index in [0.717, 1.165) is 0 Å². The highest BCUT2D eigenvalue weighted by molar-refractivity contribution is 6.43. The van der Waals surface area contributed by atoms with Crippen molar-refractivity contribution in [3.8, 4) is 11.3 Å². The van der Waals surface area contributed by atoms with Crippen molar-refractivity contribution in [3.63, 3.8) is 0 Å². The van der Waals surface area contributed by atoms with Gasteiger partial charge in [0.05, 0.1) is 15.6 Å². The van der Waals surface area contributed by atoms with Crippen molar-refractivity contribution in [2.75, 3.05) is 0 Å². The van der Waals surface area contributed by atoms with Gasteiger partial charge in [0.1, 0.15) is 18.1 Å². The van der Waals surface area contributed by atoms with E-state index in [2.05, 4.69) is 13.8 Å². The molecule has 3 aromatic rings. The second-order valence-corrected chi connectivity index (χ2v) is 7.01. The molecule has 134 valence electrons. The molecule has 26 heavy (non-hydrogen) atoms. The Labute approximate surface area is 162 Å². The molecule has 0 aliphatic carbocycles. The molecule has 2 aromatic carbocycles. The van der Waals surface area contributed by atoms with Crippen LogP contribution in [0, 0.1) is 0 Å². The van der Waals surface area contributed by atoms with Gasteiger partial charge in [0.15, 0.2) is 0 Å². The van der Waals surface area contributed by atoms with E-state index in [0.29, 0.717) is 38.6 Å². The summed E-state index contributed by atoms with van der Waals surface area (Å²) >= 11 is 12.2. The Hall–Kier alpha value is -2.23. The van der Waals surface area contributed by atoms with Crippen LogP contribution in [0.25, 0.3) is 11.3 Å². The van der Waals surface area contributed by atoms with Crippen LogP contribution in [-0.2, 0) is 11.3 Å². The molecule has 0 bridgehead atoms. The van der Waals surface area contributed by atoms with Gasteiger partial charge in [-0.25, -0.2) is 4.79 Å². The normalized spacial score (nSPS) is 11.0. The smallest absolute Gasteiger partial charge is 0.338 e. The van der Waals surface area contributed by atoms with Crippen LogP contribution in [0.2, 0.25) is 10.0 Å². The maximum atomic E-state index is 12.2. The zero-order chi connectivity index (χ0) is 18.7. The average molecular weight is 389 g/mol. The molecule has 1 heterocycles. The first-order valence-corrected chi connectivity index (χ1v) is 9.01. The predicted octanol–water partition coefficient (Wildman–Crippen LogP) is 6.73. The van der Waals surface area contributed by atoms with Crippen LogP contribution in [-0.4, -0.2) is 5.97 Å². The Morgan fingerprint density at radius 3 is 2.46 bits per heavy atom. The number of halogens is 2. The van der Waals surface area contributed by atoms with Gasteiger partial charge in [-0.1, -0.05) is 55.2 Å². The summed E-state index contributed by atoms with van der Waals surface area (Å²) in [5.41, 5.74) is 2.38. The van der Waals surface area contributed by atoms with Gasteiger partial charge < -0.3 is 9.15 Å². The Morgan fingerprint density at radius 2 is 1.77 bits per heavy atom. The molecular formula is C21H18Cl2O3. The molecule has 1 aromatic heterocycles. The van der Waals surface area contributed by atoms with Crippen molar-refractivity contribution in [2.24, 2.45) is 0 Å². The number of benzene rings is 2. The summed E-state index contributed by atoms with van der Waals surface area (Å²) in [5.74, 6) is 1.13. The second kappa shape index (κ2) is 7.98. The second-order valence-electron chi connectivity index (χ2n) is 6.22. The standard InChI is InChI=1S/C21H18Cl2O3/c1-13(2)14-6-8-15(9-7-14)21(24)25-12-16-10-11-19(26-16)17-4-3-5-18(22)20(17)23/h3-11,13H,12H2,1-2H3. The Morgan fingerprint density at radius 1 is 1.04 bits per heavy atom. The highest BCUT2D eigenvalue weighted by atomic mass is 35.5. The third-order valence-electron chi connectivity index (χ3n) is 4.04. The predicted molar refractivity (Wildman–Crippen MR) is 104 cm³/mol. The Bertz CT molecular complexity index is 911. The highest BCUT2D eigenvalue weighted by Crippen LogP contribution is 2.34. The summed E-state index contributed by atoms with van der Waals surface area (Å²) in [6, 6.07) is 16.3. The molecule has 0 amide bonds. The van der Waals surface area contributed by atoms with Gasteiger partial charge in [0.2, 0.25) is 0 Å². The van der Waals surface area contributed by atoms with Crippen LogP contribution in [0.15, 0.2) is 59.0 Å². The lowest BCUT2D eigenvalue weighted by atomic mass is 10.0. The fraction of sp³-hybridized carbons (Fsp3) is 0.190. The molecule has 0 spiro atoms. The molecule has 3 rings (SSSR count). The minimum Gasteiger partial charge on any atom is -0.457 e. The lowest BCUT2D eigenvalue weighted by Crippen LogP contribution is -2.05. The van der Waals surface area contributed by atoms with Gasteiger partial charge >= 0.3 is 5.97 Å². The van der Waals surface area contributed by atoms with Crippen LogP contribution in [0.1, 0.15) is 41.4 Å².